The zero-order chi connectivity index (χ0) is 8.39. The van der Waals surface area contributed by atoms with Gasteiger partial charge in [0, 0.05) is 16.5 Å². The number of halogens is 1. The van der Waals surface area contributed by atoms with Crippen LogP contribution < -0.4 is 0 Å². The van der Waals surface area contributed by atoms with Crippen LogP contribution in [-0.4, -0.2) is 0 Å². The third kappa shape index (κ3) is 1.39. The summed E-state index contributed by atoms with van der Waals surface area (Å²) in [4.78, 5) is 0. The van der Waals surface area contributed by atoms with E-state index in [1.807, 2.05) is 24.3 Å². The minimum absolute atomic E-state index is 0.209. The Kier molecular flexibility index (Phi) is 2.17. The van der Waals surface area contributed by atoms with E-state index < -0.39 is 0 Å². The van der Waals surface area contributed by atoms with E-state index in [1.54, 1.807) is 6.26 Å². The molecule has 0 aliphatic carbocycles. The maximum absolute atomic E-state index is 5.41. The first kappa shape index (κ1) is 7.87. The van der Waals surface area contributed by atoms with Crippen LogP contribution in [-0.2, 0) is 4.74 Å². The van der Waals surface area contributed by atoms with E-state index in [9.17, 15) is 0 Å². The van der Waals surface area contributed by atoms with Gasteiger partial charge in [-0.15, -0.1) is 0 Å². The molecule has 0 radical (unpaired) electrons. The molecule has 12 heavy (non-hydrogen) atoms. The summed E-state index contributed by atoms with van der Waals surface area (Å²) in [6.45, 7) is 0. The molecule has 0 amide bonds. The van der Waals surface area contributed by atoms with Gasteiger partial charge in [-0.3, -0.25) is 0 Å². The summed E-state index contributed by atoms with van der Waals surface area (Å²) < 4.78 is 6.53. The lowest BCUT2D eigenvalue weighted by Crippen LogP contribution is -1.95. The molecule has 0 aromatic heterocycles. The summed E-state index contributed by atoms with van der Waals surface area (Å²) in [6, 6.07) is 8.16. The van der Waals surface area contributed by atoms with Crippen LogP contribution in [0.2, 0.25) is 0 Å². The van der Waals surface area contributed by atoms with E-state index >= 15 is 0 Å². The molecule has 1 heterocycles. The zero-order valence-electron chi connectivity index (χ0n) is 6.53. The average molecular weight is 225 g/mol. The van der Waals surface area contributed by atoms with E-state index in [2.05, 4.69) is 22.0 Å². The van der Waals surface area contributed by atoms with Gasteiger partial charge in [-0.25, -0.2) is 0 Å². The van der Waals surface area contributed by atoms with Crippen molar-refractivity contribution in [3.05, 3.63) is 46.6 Å². The molecule has 1 aliphatic heterocycles. The lowest BCUT2D eigenvalue weighted by Gasteiger charge is -2.11. The van der Waals surface area contributed by atoms with Crippen LogP contribution in [0, 0.1) is 0 Å². The molecule has 1 nitrogen and oxygen atoms in total. The number of hydrogen-bond acceptors (Lipinski definition) is 1. The first-order valence-corrected chi connectivity index (χ1v) is 4.72. The number of rotatable bonds is 1. The van der Waals surface area contributed by atoms with Gasteiger partial charge >= 0.3 is 0 Å². The molecular weight excluding hydrogens is 216 g/mol. The van der Waals surface area contributed by atoms with Gasteiger partial charge in [-0.05, 0) is 12.1 Å². The summed E-state index contributed by atoms with van der Waals surface area (Å²) in [5.74, 6) is 0. The van der Waals surface area contributed by atoms with Gasteiger partial charge < -0.3 is 4.74 Å². The molecule has 1 aliphatic rings. The first-order chi connectivity index (χ1) is 5.88. The zero-order valence-corrected chi connectivity index (χ0v) is 8.12. The van der Waals surface area contributed by atoms with E-state index in [0.29, 0.717) is 0 Å². The van der Waals surface area contributed by atoms with Crippen molar-refractivity contribution < 1.29 is 4.74 Å². The Balaban J connectivity index is 2.27. The molecule has 62 valence electrons. The smallest absolute Gasteiger partial charge is 0.127 e. The fourth-order valence-electron chi connectivity index (χ4n) is 1.32. The summed E-state index contributed by atoms with van der Waals surface area (Å²) in [5, 5.41) is 0. The van der Waals surface area contributed by atoms with E-state index in [4.69, 9.17) is 4.74 Å². The number of ether oxygens (including phenoxy) is 1. The molecule has 0 spiro atoms. The molecular formula is C10H9BrO. The Morgan fingerprint density at radius 3 is 2.83 bits per heavy atom. The van der Waals surface area contributed by atoms with Crippen LogP contribution in [0.15, 0.2) is 41.1 Å². The fourth-order valence-corrected chi connectivity index (χ4v) is 1.86. The van der Waals surface area contributed by atoms with Gasteiger partial charge in [0.1, 0.15) is 6.10 Å². The maximum Gasteiger partial charge on any atom is 0.127 e. The monoisotopic (exact) mass is 224 g/mol. The molecule has 1 atom stereocenters. The fraction of sp³-hybridized carbons (Fsp3) is 0.200. The summed E-state index contributed by atoms with van der Waals surface area (Å²) in [5.41, 5.74) is 1.22. The van der Waals surface area contributed by atoms with Gasteiger partial charge in [0.15, 0.2) is 0 Å². The van der Waals surface area contributed by atoms with Crippen LogP contribution in [0.25, 0.3) is 0 Å². The van der Waals surface area contributed by atoms with E-state index in [-0.39, 0.29) is 6.10 Å². The topological polar surface area (TPSA) is 9.23 Å². The quantitative estimate of drug-likeness (QED) is 0.711. The average Bonchev–Trinajstić information content (AvgIpc) is 2.57. The largest absolute Gasteiger partial charge is 0.493 e. The molecule has 2 heteroatoms. The van der Waals surface area contributed by atoms with Gasteiger partial charge in [0.2, 0.25) is 0 Å². The minimum atomic E-state index is 0.209. The summed E-state index contributed by atoms with van der Waals surface area (Å²) in [7, 11) is 0. The highest BCUT2D eigenvalue weighted by molar-refractivity contribution is 9.10. The van der Waals surface area contributed by atoms with Gasteiger partial charge in [-0.2, -0.15) is 0 Å². The van der Waals surface area contributed by atoms with Crippen molar-refractivity contribution in [1.82, 2.24) is 0 Å². The third-order valence-electron chi connectivity index (χ3n) is 1.94. The van der Waals surface area contributed by atoms with Crippen LogP contribution >= 0.6 is 15.9 Å². The van der Waals surface area contributed by atoms with Crippen LogP contribution in [0.5, 0.6) is 0 Å². The highest BCUT2D eigenvalue weighted by atomic mass is 79.9. The third-order valence-corrected chi connectivity index (χ3v) is 2.66. The van der Waals surface area contributed by atoms with Crippen molar-refractivity contribution in [2.45, 2.75) is 12.5 Å². The highest BCUT2D eigenvalue weighted by Gasteiger charge is 2.15. The predicted molar refractivity (Wildman–Crippen MR) is 51.7 cm³/mol. The Morgan fingerprint density at radius 1 is 1.33 bits per heavy atom. The highest BCUT2D eigenvalue weighted by Crippen LogP contribution is 2.31. The lowest BCUT2D eigenvalue weighted by atomic mass is 10.1. The summed E-state index contributed by atoms with van der Waals surface area (Å²) >= 11 is 3.50. The van der Waals surface area contributed by atoms with Gasteiger partial charge in [-0.1, -0.05) is 34.1 Å². The van der Waals surface area contributed by atoms with Crippen molar-refractivity contribution in [2.75, 3.05) is 0 Å². The molecule has 0 bridgehead atoms. The number of hydrogen-bond donors (Lipinski definition) is 0. The van der Waals surface area contributed by atoms with E-state index in [1.165, 1.54) is 5.56 Å². The van der Waals surface area contributed by atoms with Crippen molar-refractivity contribution in [2.24, 2.45) is 0 Å². The molecule has 1 unspecified atom stereocenters. The van der Waals surface area contributed by atoms with Crippen molar-refractivity contribution >= 4 is 15.9 Å². The summed E-state index contributed by atoms with van der Waals surface area (Å²) in [6.07, 6.45) is 5.00. The normalized spacial score (nSPS) is 20.9. The van der Waals surface area contributed by atoms with Crippen LogP contribution in [0.3, 0.4) is 0 Å². The lowest BCUT2D eigenvalue weighted by molar-refractivity contribution is 0.172. The molecule has 0 fully saturated rings. The molecule has 0 N–H and O–H groups in total. The van der Waals surface area contributed by atoms with Crippen molar-refractivity contribution in [1.29, 1.82) is 0 Å². The Bertz CT molecular complexity index is 298. The molecule has 1 aromatic carbocycles. The Hall–Kier alpha value is -0.760. The molecule has 1 aromatic rings. The standard InChI is InChI=1S/C10H9BrO/c11-9-5-2-1-4-8(9)10-6-3-7-12-10/h1-5,7,10H,6H2. The second-order valence-corrected chi connectivity index (χ2v) is 3.61. The van der Waals surface area contributed by atoms with E-state index in [0.717, 1.165) is 10.9 Å². The predicted octanol–water partition coefficient (Wildman–Crippen LogP) is 3.42. The molecule has 2 rings (SSSR count). The Morgan fingerprint density at radius 2 is 2.17 bits per heavy atom. The van der Waals surface area contributed by atoms with Crippen molar-refractivity contribution in [3.63, 3.8) is 0 Å². The van der Waals surface area contributed by atoms with Gasteiger partial charge in [0.25, 0.3) is 0 Å². The second kappa shape index (κ2) is 3.31. The van der Waals surface area contributed by atoms with Gasteiger partial charge in [0.05, 0.1) is 6.26 Å². The number of benzene rings is 1. The van der Waals surface area contributed by atoms with Crippen molar-refractivity contribution in [3.8, 4) is 0 Å². The second-order valence-electron chi connectivity index (χ2n) is 2.75. The maximum atomic E-state index is 5.41. The van der Waals surface area contributed by atoms with Crippen LogP contribution in [0.4, 0.5) is 0 Å². The minimum Gasteiger partial charge on any atom is -0.493 e. The molecule has 0 saturated carbocycles. The van der Waals surface area contributed by atoms with Crippen LogP contribution in [0.1, 0.15) is 18.1 Å². The SMILES string of the molecule is Brc1ccccc1C1CC=CO1. The first-order valence-electron chi connectivity index (χ1n) is 3.93. The molecule has 0 saturated heterocycles. The Labute approximate surface area is 80.2 Å².